The molecule has 1 nitrogen and oxygen atoms in total. The van der Waals surface area contributed by atoms with E-state index in [1.807, 2.05) is 6.07 Å². The number of hydrogen-bond donors (Lipinski definition) is 0. The second kappa shape index (κ2) is 6.74. The van der Waals surface area contributed by atoms with Gasteiger partial charge in [0.15, 0.2) is 0 Å². The van der Waals surface area contributed by atoms with Crippen molar-refractivity contribution < 1.29 is 0 Å². The van der Waals surface area contributed by atoms with Gasteiger partial charge in [-0.25, -0.2) is 4.98 Å². The topological polar surface area (TPSA) is 12.9 Å². The Labute approximate surface area is 164 Å². The summed E-state index contributed by atoms with van der Waals surface area (Å²) in [4.78, 5) is 4.83. The summed E-state index contributed by atoms with van der Waals surface area (Å²) in [5.41, 5.74) is 6.82. The number of aromatic nitrogens is 1. The number of fused-ring (bicyclic) bond motifs is 1. The minimum absolute atomic E-state index is 1.01. The fourth-order valence-corrected chi connectivity index (χ4v) is 3.62. The number of hydrogen-bond acceptors (Lipinski definition) is 1. The van der Waals surface area contributed by atoms with E-state index in [2.05, 4.69) is 106 Å². The molecule has 25 heavy (non-hydrogen) atoms. The first-order valence-corrected chi connectivity index (χ1v) is 9.62. The maximum absolute atomic E-state index is 4.83. The molecule has 0 fully saturated rings. The molecule has 0 aliphatic carbocycles. The monoisotopic (exact) mass is 451 g/mol. The fraction of sp³-hybridized carbons (Fsp3) is 0.0455. The van der Waals surface area contributed by atoms with Crippen LogP contribution in [0.25, 0.3) is 33.3 Å². The summed E-state index contributed by atoms with van der Waals surface area (Å²) in [5.74, 6) is 0. The molecule has 0 spiro atoms. The molecule has 4 rings (SSSR count). The van der Waals surface area contributed by atoms with E-state index in [1.165, 1.54) is 22.1 Å². The molecule has 0 radical (unpaired) electrons. The first kappa shape index (κ1) is 16.5. The Kier molecular flexibility index (Phi) is 4.45. The Bertz CT molecular complexity index is 1050. The maximum atomic E-state index is 4.83. The summed E-state index contributed by atoms with van der Waals surface area (Å²) >= 11 is 7.01. The van der Waals surface area contributed by atoms with E-state index in [1.54, 1.807) is 0 Å². The number of rotatable bonds is 2. The van der Waals surface area contributed by atoms with Crippen LogP contribution < -0.4 is 0 Å². The first-order valence-electron chi connectivity index (χ1n) is 8.03. The summed E-state index contributed by atoms with van der Waals surface area (Å²) in [6, 6.07) is 25.3. The van der Waals surface area contributed by atoms with Crippen LogP contribution in [0.2, 0.25) is 0 Å². The maximum Gasteiger partial charge on any atom is 0.0712 e. The highest BCUT2D eigenvalue weighted by atomic mass is 79.9. The lowest BCUT2D eigenvalue weighted by Crippen LogP contribution is -1.89. The highest BCUT2D eigenvalue weighted by molar-refractivity contribution is 9.10. The number of nitrogens with zero attached hydrogens (tertiary/aromatic N) is 1. The van der Waals surface area contributed by atoms with Crippen molar-refractivity contribution in [3.63, 3.8) is 0 Å². The zero-order valence-electron chi connectivity index (χ0n) is 13.6. The molecule has 4 aromatic rings. The van der Waals surface area contributed by atoms with Gasteiger partial charge in [0, 0.05) is 19.9 Å². The van der Waals surface area contributed by atoms with Gasteiger partial charge in [-0.1, -0.05) is 68.3 Å². The average Bonchev–Trinajstić information content (AvgIpc) is 2.63. The quantitative estimate of drug-likeness (QED) is 0.308. The Morgan fingerprint density at radius 2 is 1.20 bits per heavy atom. The van der Waals surface area contributed by atoms with Gasteiger partial charge in [0.25, 0.3) is 0 Å². The van der Waals surface area contributed by atoms with E-state index in [-0.39, 0.29) is 0 Å². The Hall–Kier alpha value is -1.97. The summed E-state index contributed by atoms with van der Waals surface area (Å²) in [7, 11) is 0. The number of aryl methyl sites for hydroxylation is 1. The predicted molar refractivity (Wildman–Crippen MR) is 113 cm³/mol. The lowest BCUT2D eigenvalue weighted by Gasteiger charge is -2.08. The van der Waals surface area contributed by atoms with Crippen LogP contribution in [0.5, 0.6) is 0 Å². The first-order chi connectivity index (χ1) is 12.1. The largest absolute Gasteiger partial charge is 0.248 e. The summed E-state index contributed by atoms with van der Waals surface area (Å²) in [6.45, 7) is 2.14. The predicted octanol–water partition coefficient (Wildman–Crippen LogP) is 7.40. The SMILES string of the molecule is Cc1cc(-c2ccc(-c3ccc(Br)cc3)cc2)nc2ccc(Br)cc12. The van der Waals surface area contributed by atoms with E-state index in [4.69, 9.17) is 4.98 Å². The Balaban J connectivity index is 1.73. The lowest BCUT2D eigenvalue weighted by molar-refractivity contribution is 1.36. The lowest BCUT2D eigenvalue weighted by atomic mass is 10.0. The number of benzene rings is 3. The van der Waals surface area contributed by atoms with Crippen molar-refractivity contribution in [3.05, 3.63) is 87.3 Å². The summed E-state index contributed by atoms with van der Waals surface area (Å²) < 4.78 is 2.17. The third kappa shape index (κ3) is 3.39. The van der Waals surface area contributed by atoms with Crippen LogP contribution in [-0.2, 0) is 0 Å². The smallest absolute Gasteiger partial charge is 0.0712 e. The standard InChI is InChI=1S/C22H15Br2N/c1-14-12-22(25-21-11-10-19(24)13-20(14)21)17-4-2-15(3-5-17)16-6-8-18(23)9-7-16/h2-13H,1H3. The number of halogens is 2. The van der Waals surface area contributed by atoms with E-state index < -0.39 is 0 Å². The van der Waals surface area contributed by atoms with E-state index in [9.17, 15) is 0 Å². The van der Waals surface area contributed by atoms with Crippen molar-refractivity contribution >= 4 is 42.8 Å². The zero-order valence-corrected chi connectivity index (χ0v) is 16.8. The molecule has 0 saturated heterocycles. The van der Waals surface area contributed by atoms with Crippen LogP contribution in [-0.4, -0.2) is 4.98 Å². The molecule has 0 N–H and O–H groups in total. The van der Waals surface area contributed by atoms with Gasteiger partial charge in [-0.3, -0.25) is 0 Å². The number of pyridine rings is 1. The van der Waals surface area contributed by atoms with Gasteiger partial charge in [-0.2, -0.15) is 0 Å². The molecule has 1 aromatic heterocycles. The van der Waals surface area contributed by atoms with Gasteiger partial charge in [-0.15, -0.1) is 0 Å². The van der Waals surface area contributed by atoms with Crippen LogP contribution in [0.15, 0.2) is 81.7 Å². The average molecular weight is 453 g/mol. The molecule has 0 saturated carbocycles. The van der Waals surface area contributed by atoms with Crippen molar-refractivity contribution in [1.29, 1.82) is 0 Å². The molecule has 3 heteroatoms. The van der Waals surface area contributed by atoms with Crippen LogP contribution in [0.3, 0.4) is 0 Å². The van der Waals surface area contributed by atoms with Crippen LogP contribution in [0, 0.1) is 6.92 Å². The highest BCUT2D eigenvalue weighted by Crippen LogP contribution is 2.29. The minimum atomic E-state index is 1.01. The second-order valence-corrected chi connectivity index (χ2v) is 7.90. The Morgan fingerprint density at radius 1 is 0.640 bits per heavy atom. The molecule has 122 valence electrons. The molecule has 0 atom stereocenters. The Morgan fingerprint density at radius 3 is 1.88 bits per heavy atom. The van der Waals surface area contributed by atoms with Crippen molar-refractivity contribution in [2.75, 3.05) is 0 Å². The van der Waals surface area contributed by atoms with E-state index >= 15 is 0 Å². The molecule has 0 aliphatic heterocycles. The van der Waals surface area contributed by atoms with Gasteiger partial charge in [-0.05, 0) is 60.0 Å². The molecule has 0 unspecified atom stereocenters. The van der Waals surface area contributed by atoms with E-state index in [0.29, 0.717) is 0 Å². The molecule has 0 bridgehead atoms. The third-order valence-corrected chi connectivity index (χ3v) is 5.36. The van der Waals surface area contributed by atoms with Crippen molar-refractivity contribution in [1.82, 2.24) is 4.98 Å². The summed E-state index contributed by atoms with van der Waals surface area (Å²) in [6.07, 6.45) is 0. The van der Waals surface area contributed by atoms with E-state index in [0.717, 1.165) is 25.7 Å². The normalized spacial score (nSPS) is 11.0. The zero-order chi connectivity index (χ0) is 17.4. The van der Waals surface area contributed by atoms with Gasteiger partial charge in [0.05, 0.1) is 11.2 Å². The minimum Gasteiger partial charge on any atom is -0.248 e. The molecule has 3 aromatic carbocycles. The summed E-state index contributed by atoms with van der Waals surface area (Å²) in [5, 5.41) is 1.18. The second-order valence-electron chi connectivity index (χ2n) is 6.07. The molecule has 1 heterocycles. The van der Waals surface area contributed by atoms with Gasteiger partial charge in [0.1, 0.15) is 0 Å². The van der Waals surface area contributed by atoms with Gasteiger partial charge < -0.3 is 0 Å². The molecule has 0 aliphatic rings. The highest BCUT2D eigenvalue weighted by Gasteiger charge is 2.06. The van der Waals surface area contributed by atoms with Crippen LogP contribution in [0.1, 0.15) is 5.56 Å². The van der Waals surface area contributed by atoms with Crippen molar-refractivity contribution in [2.24, 2.45) is 0 Å². The van der Waals surface area contributed by atoms with Gasteiger partial charge in [0.2, 0.25) is 0 Å². The van der Waals surface area contributed by atoms with Crippen LogP contribution >= 0.6 is 31.9 Å². The third-order valence-electron chi connectivity index (χ3n) is 4.34. The molecular formula is C22H15Br2N. The van der Waals surface area contributed by atoms with Gasteiger partial charge >= 0.3 is 0 Å². The molecular weight excluding hydrogens is 438 g/mol. The van der Waals surface area contributed by atoms with Crippen molar-refractivity contribution in [3.8, 4) is 22.4 Å². The van der Waals surface area contributed by atoms with Crippen molar-refractivity contribution in [2.45, 2.75) is 6.92 Å². The van der Waals surface area contributed by atoms with Crippen LogP contribution in [0.4, 0.5) is 0 Å². The molecule has 0 amide bonds. The fourth-order valence-electron chi connectivity index (χ4n) is 2.99.